The second kappa shape index (κ2) is 8.36. The molecule has 1 aromatic rings. The monoisotopic (exact) mass is 343 g/mol. The molecule has 1 amide bonds. The fourth-order valence-corrected chi connectivity index (χ4v) is 1.92. The lowest BCUT2D eigenvalue weighted by Gasteiger charge is -2.17. The number of hydrogen-bond acceptors (Lipinski definition) is 3. The minimum atomic E-state index is -4.53. The third-order valence-corrected chi connectivity index (χ3v) is 3.23. The number of carboxylic acid groups (broad SMARTS) is 1. The Bertz CT molecular complexity index is 620. The largest absolute Gasteiger partial charge is 0.480 e. The van der Waals surface area contributed by atoms with E-state index in [-0.39, 0.29) is 12.0 Å². The van der Waals surface area contributed by atoms with Crippen molar-refractivity contribution in [2.24, 2.45) is 0 Å². The molecular weight excluding hydrogens is 327 g/mol. The van der Waals surface area contributed by atoms with E-state index < -0.39 is 35.8 Å². The Kier molecular flexibility index (Phi) is 6.80. The Balaban J connectivity index is 2.75. The number of amides is 1. The fraction of sp³-hybridized carbons (Fsp3) is 0.375. The van der Waals surface area contributed by atoms with Crippen LogP contribution in [-0.2, 0) is 15.8 Å². The molecule has 0 aliphatic heterocycles. The van der Waals surface area contributed by atoms with Crippen LogP contribution >= 0.6 is 0 Å². The van der Waals surface area contributed by atoms with Crippen LogP contribution in [0.4, 0.5) is 13.2 Å². The average Bonchev–Trinajstić information content (AvgIpc) is 2.52. The first-order valence-corrected chi connectivity index (χ1v) is 6.98. The molecule has 0 radical (unpaired) electrons. The van der Waals surface area contributed by atoms with Crippen LogP contribution in [0.1, 0.15) is 36.5 Å². The van der Waals surface area contributed by atoms with Crippen molar-refractivity contribution in [2.75, 3.05) is 0 Å². The van der Waals surface area contributed by atoms with E-state index in [1.807, 2.05) is 0 Å². The first-order chi connectivity index (χ1) is 11.2. The zero-order valence-corrected chi connectivity index (χ0v) is 12.5. The summed E-state index contributed by atoms with van der Waals surface area (Å²) in [5.74, 6) is 0.0315. The molecule has 0 aliphatic rings. The van der Waals surface area contributed by atoms with Gasteiger partial charge < -0.3 is 15.5 Å². The van der Waals surface area contributed by atoms with Crippen molar-refractivity contribution in [3.8, 4) is 12.3 Å². The Hall–Kier alpha value is -2.53. The van der Waals surface area contributed by atoms with E-state index in [1.165, 1.54) is 0 Å². The highest BCUT2D eigenvalue weighted by molar-refractivity contribution is 5.86. The number of alkyl halides is 3. The maximum atomic E-state index is 12.5. The van der Waals surface area contributed by atoms with E-state index >= 15 is 0 Å². The number of terminal acetylenes is 1. The standard InChI is InChI=1S/C16H16F3NO4/c1-2-3-4-5-12(15(23)24)20-14(22)13(21)10-6-8-11(9-7-10)16(17,18)19/h1,6-9,12-13,21H,3-5H2,(H,20,22)(H,23,24)/t12-,13+/m0/s1. The Labute approximate surface area is 136 Å². The number of unbranched alkanes of at least 4 members (excludes halogenated alkanes) is 1. The van der Waals surface area contributed by atoms with E-state index in [1.54, 1.807) is 0 Å². The van der Waals surface area contributed by atoms with E-state index in [0.29, 0.717) is 12.8 Å². The predicted molar refractivity (Wildman–Crippen MR) is 78.7 cm³/mol. The molecule has 0 saturated carbocycles. The van der Waals surface area contributed by atoms with Crippen LogP contribution in [0.5, 0.6) is 0 Å². The molecule has 0 aromatic heterocycles. The lowest BCUT2D eigenvalue weighted by atomic mass is 10.0. The molecular formula is C16H16F3NO4. The highest BCUT2D eigenvalue weighted by Crippen LogP contribution is 2.29. The van der Waals surface area contributed by atoms with Crippen LogP contribution in [0.25, 0.3) is 0 Å². The summed E-state index contributed by atoms with van der Waals surface area (Å²) in [6, 6.07) is 2.14. The van der Waals surface area contributed by atoms with Crippen LogP contribution in [0.2, 0.25) is 0 Å². The summed E-state index contributed by atoms with van der Waals surface area (Å²) in [6.45, 7) is 0. The van der Waals surface area contributed by atoms with Gasteiger partial charge in [0.25, 0.3) is 5.91 Å². The first kappa shape index (κ1) is 19.5. The van der Waals surface area contributed by atoms with Crippen LogP contribution in [-0.4, -0.2) is 28.1 Å². The van der Waals surface area contributed by atoms with E-state index in [9.17, 15) is 27.9 Å². The minimum absolute atomic E-state index is 0.0744. The fourth-order valence-electron chi connectivity index (χ4n) is 1.92. The number of nitrogens with one attached hydrogen (secondary N) is 1. The molecule has 1 rings (SSSR count). The van der Waals surface area contributed by atoms with Gasteiger partial charge in [-0.2, -0.15) is 13.2 Å². The van der Waals surface area contributed by atoms with Crippen molar-refractivity contribution in [1.29, 1.82) is 0 Å². The summed E-state index contributed by atoms with van der Waals surface area (Å²) in [5.41, 5.74) is -0.996. The van der Waals surface area contributed by atoms with Crippen molar-refractivity contribution in [3.63, 3.8) is 0 Å². The van der Waals surface area contributed by atoms with Crippen LogP contribution in [0.3, 0.4) is 0 Å². The maximum Gasteiger partial charge on any atom is 0.416 e. The lowest BCUT2D eigenvalue weighted by molar-refractivity contribution is -0.143. The summed E-state index contributed by atoms with van der Waals surface area (Å²) in [6.07, 6.45) is -0.478. The van der Waals surface area contributed by atoms with Gasteiger partial charge in [0, 0.05) is 6.42 Å². The summed E-state index contributed by atoms with van der Waals surface area (Å²) >= 11 is 0. The molecule has 1 aromatic carbocycles. The summed E-state index contributed by atoms with van der Waals surface area (Å²) < 4.78 is 37.4. The number of halogens is 3. The van der Waals surface area contributed by atoms with Crippen molar-refractivity contribution >= 4 is 11.9 Å². The number of aliphatic carboxylic acids is 1. The van der Waals surface area contributed by atoms with Gasteiger partial charge in [-0.15, -0.1) is 12.3 Å². The number of aliphatic hydroxyl groups is 1. The molecule has 0 heterocycles. The van der Waals surface area contributed by atoms with Gasteiger partial charge in [-0.3, -0.25) is 4.79 Å². The smallest absolute Gasteiger partial charge is 0.416 e. The van der Waals surface area contributed by atoms with Gasteiger partial charge in [0.05, 0.1) is 5.56 Å². The molecule has 3 N–H and O–H groups in total. The molecule has 0 aliphatic carbocycles. The van der Waals surface area contributed by atoms with Gasteiger partial charge in [0.2, 0.25) is 0 Å². The quantitative estimate of drug-likeness (QED) is 0.523. The van der Waals surface area contributed by atoms with E-state index in [0.717, 1.165) is 24.3 Å². The maximum absolute atomic E-state index is 12.5. The number of rotatable bonds is 7. The van der Waals surface area contributed by atoms with Crippen LogP contribution < -0.4 is 5.32 Å². The van der Waals surface area contributed by atoms with Crippen molar-refractivity contribution in [3.05, 3.63) is 35.4 Å². The van der Waals surface area contributed by atoms with Gasteiger partial charge in [-0.05, 0) is 30.5 Å². The van der Waals surface area contributed by atoms with Crippen molar-refractivity contribution in [2.45, 2.75) is 37.6 Å². The van der Waals surface area contributed by atoms with Gasteiger partial charge in [-0.25, -0.2) is 4.79 Å². The summed E-state index contributed by atoms with van der Waals surface area (Å²) in [4.78, 5) is 23.0. The Morgan fingerprint density at radius 2 is 1.83 bits per heavy atom. The topological polar surface area (TPSA) is 86.6 Å². The van der Waals surface area contributed by atoms with Gasteiger partial charge in [0.1, 0.15) is 6.04 Å². The summed E-state index contributed by atoms with van der Waals surface area (Å²) in [5, 5.41) is 21.0. The zero-order valence-electron chi connectivity index (χ0n) is 12.5. The second-order valence-electron chi connectivity index (χ2n) is 5.02. The molecule has 24 heavy (non-hydrogen) atoms. The number of carbonyl (C=O) groups excluding carboxylic acids is 1. The molecule has 0 fully saturated rings. The van der Waals surface area contributed by atoms with Gasteiger partial charge >= 0.3 is 12.1 Å². The van der Waals surface area contributed by atoms with Crippen molar-refractivity contribution < 1.29 is 33.0 Å². The van der Waals surface area contributed by atoms with Crippen molar-refractivity contribution in [1.82, 2.24) is 5.32 Å². The highest BCUT2D eigenvalue weighted by atomic mass is 19.4. The lowest BCUT2D eigenvalue weighted by Crippen LogP contribution is -2.43. The molecule has 8 heteroatoms. The number of carboxylic acids is 1. The molecule has 0 saturated heterocycles. The van der Waals surface area contributed by atoms with Gasteiger partial charge in [0.15, 0.2) is 6.10 Å². The Morgan fingerprint density at radius 1 is 1.25 bits per heavy atom. The predicted octanol–water partition coefficient (Wildman–Crippen LogP) is 2.11. The third kappa shape index (κ3) is 5.59. The molecule has 0 spiro atoms. The second-order valence-corrected chi connectivity index (χ2v) is 5.02. The van der Waals surface area contributed by atoms with Crippen LogP contribution in [0.15, 0.2) is 24.3 Å². The molecule has 0 unspecified atom stereocenters. The minimum Gasteiger partial charge on any atom is -0.480 e. The number of benzene rings is 1. The zero-order chi connectivity index (χ0) is 18.3. The molecule has 0 bridgehead atoms. The number of carbonyl (C=O) groups is 2. The van der Waals surface area contributed by atoms with E-state index in [4.69, 9.17) is 11.5 Å². The summed E-state index contributed by atoms with van der Waals surface area (Å²) in [7, 11) is 0. The average molecular weight is 343 g/mol. The SMILES string of the molecule is C#CCCC[C@H](NC(=O)[C@H](O)c1ccc(C(F)(F)F)cc1)C(=O)O. The first-order valence-electron chi connectivity index (χ1n) is 6.98. The number of aliphatic hydroxyl groups excluding tert-OH is 1. The van der Waals surface area contributed by atoms with Crippen LogP contribution in [0, 0.1) is 12.3 Å². The molecule has 130 valence electrons. The normalized spacial score (nSPS) is 13.6. The highest BCUT2D eigenvalue weighted by Gasteiger charge is 2.31. The van der Waals surface area contributed by atoms with Gasteiger partial charge in [-0.1, -0.05) is 12.1 Å². The molecule has 2 atom stereocenters. The number of hydrogen-bond donors (Lipinski definition) is 3. The third-order valence-electron chi connectivity index (χ3n) is 3.23. The molecule has 5 nitrogen and oxygen atoms in total. The van der Waals surface area contributed by atoms with E-state index in [2.05, 4.69) is 11.2 Å². The Morgan fingerprint density at radius 3 is 2.29 bits per heavy atom.